The molecule has 0 heterocycles. The molecule has 0 aromatic rings. The number of carbonyl (C=O) groups is 1. The molecule has 0 aliphatic heterocycles. The van der Waals surface area contributed by atoms with Gasteiger partial charge in [0.15, 0.2) is 5.12 Å². The first-order chi connectivity index (χ1) is 3.13. The van der Waals surface area contributed by atoms with E-state index in [1.165, 1.54) is 0 Å². The van der Waals surface area contributed by atoms with Crippen molar-refractivity contribution in [3.8, 4) is 0 Å². The van der Waals surface area contributed by atoms with Crippen LogP contribution in [0.25, 0.3) is 0 Å². The van der Waals surface area contributed by atoms with Crippen LogP contribution in [0, 0.1) is 0 Å². The van der Waals surface area contributed by atoms with Gasteiger partial charge in [-0.05, 0) is 0 Å². The lowest BCUT2D eigenvalue weighted by Gasteiger charge is -1.87. The summed E-state index contributed by atoms with van der Waals surface area (Å²) in [7, 11) is 0. The Kier molecular flexibility index (Phi) is 2.91. The van der Waals surface area contributed by atoms with Crippen molar-refractivity contribution in [2.24, 2.45) is 0 Å². The average molecular weight is 126 g/mol. The van der Waals surface area contributed by atoms with E-state index in [9.17, 15) is 13.6 Å². The average Bonchev–Trinajstić information content (AvgIpc) is 1.27. The Morgan fingerprint density at radius 3 is 2.14 bits per heavy atom. The molecular weight excluding hydrogens is 122 g/mol. The molecule has 0 atom stereocenters. The van der Waals surface area contributed by atoms with Gasteiger partial charge in [-0.15, -0.1) is 12.6 Å². The van der Waals surface area contributed by atoms with Crippen molar-refractivity contribution in [2.45, 2.75) is 12.8 Å². The van der Waals surface area contributed by atoms with Crippen molar-refractivity contribution >= 4 is 17.7 Å². The van der Waals surface area contributed by atoms with Gasteiger partial charge in [-0.1, -0.05) is 0 Å². The summed E-state index contributed by atoms with van der Waals surface area (Å²) in [5.74, 6) is 0. The van der Waals surface area contributed by atoms with Gasteiger partial charge < -0.3 is 0 Å². The molecule has 0 saturated carbocycles. The van der Waals surface area contributed by atoms with Crippen molar-refractivity contribution in [1.82, 2.24) is 0 Å². The van der Waals surface area contributed by atoms with Gasteiger partial charge in [-0.25, -0.2) is 8.78 Å². The molecule has 0 spiro atoms. The minimum absolute atomic E-state index is 0.747. The quantitative estimate of drug-likeness (QED) is 0.548. The SMILES string of the molecule is O=C(S)CC(F)F. The maximum Gasteiger partial charge on any atom is 0.246 e. The molecule has 0 aliphatic carbocycles. The highest BCUT2D eigenvalue weighted by Gasteiger charge is 2.04. The standard InChI is InChI=1S/C3H4F2OS/c4-2(5)1-3(6)7/h2H,1H2,(H,6,7). The van der Waals surface area contributed by atoms with Gasteiger partial charge in [-0.3, -0.25) is 4.79 Å². The van der Waals surface area contributed by atoms with Crippen molar-refractivity contribution in [3.05, 3.63) is 0 Å². The summed E-state index contributed by atoms with van der Waals surface area (Å²) in [5.41, 5.74) is 0. The molecule has 0 radical (unpaired) electrons. The monoisotopic (exact) mass is 126 g/mol. The molecule has 42 valence electrons. The highest BCUT2D eigenvalue weighted by Crippen LogP contribution is 2.00. The lowest BCUT2D eigenvalue weighted by atomic mass is 10.5. The number of halogens is 2. The zero-order valence-corrected chi connectivity index (χ0v) is 4.29. The molecule has 0 aromatic carbocycles. The van der Waals surface area contributed by atoms with Crippen LogP contribution >= 0.6 is 12.6 Å². The highest BCUT2D eigenvalue weighted by atomic mass is 32.1. The molecule has 1 nitrogen and oxygen atoms in total. The second-order valence-corrected chi connectivity index (χ2v) is 1.49. The van der Waals surface area contributed by atoms with Crippen LogP contribution in [0.4, 0.5) is 8.78 Å². The van der Waals surface area contributed by atoms with Gasteiger partial charge in [-0.2, -0.15) is 0 Å². The smallest absolute Gasteiger partial charge is 0.246 e. The Bertz CT molecular complexity index is 73.3. The van der Waals surface area contributed by atoms with E-state index in [1.54, 1.807) is 0 Å². The summed E-state index contributed by atoms with van der Waals surface area (Å²) in [6.45, 7) is 0. The number of carbonyl (C=O) groups excluding carboxylic acids is 1. The molecule has 0 saturated heterocycles. The van der Waals surface area contributed by atoms with Gasteiger partial charge >= 0.3 is 0 Å². The van der Waals surface area contributed by atoms with E-state index in [2.05, 4.69) is 12.6 Å². The predicted octanol–water partition coefficient (Wildman–Crippen LogP) is 1.10. The minimum Gasteiger partial charge on any atom is -0.287 e. The summed E-state index contributed by atoms with van der Waals surface area (Å²) in [5, 5.41) is -0.769. The predicted molar refractivity (Wildman–Crippen MR) is 24.6 cm³/mol. The third kappa shape index (κ3) is 5.88. The summed E-state index contributed by atoms with van der Waals surface area (Å²) in [6, 6.07) is 0. The van der Waals surface area contributed by atoms with Crippen molar-refractivity contribution in [2.75, 3.05) is 0 Å². The molecule has 0 aromatic heterocycles. The molecule has 7 heavy (non-hydrogen) atoms. The van der Waals surface area contributed by atoms with Crippen LogP contribution in [-0.2, 0) is 4.79 Å². The van der Waals surface area contributed by atoms with Gasteiger partial charge in [0.05, 0.1) is 6.42 Å². The number of hydrogen-bond acceptors (Lipinski definition) is 1. The molecular formula is C3H4F2OS. The second kappa shape index (κ2) is 2.96. The Morgan fingerprint density at radius 2 is 2.14 bits per heavy atom. The maximum atomic E-state index is 11.0. The number of thiol groups is 1. The van der Waals surface area contributed by atoms with Crippen LogP contribution in [0.2, 0.25) is 0 Å². The van der Waals surface area contributed by atoms with Crippen LogP contribution in [0.15, 0.2) is 0 Å². The van der Waals surface area contributed by atoms with E-state index < -0.39 is 18.0 Å². The van der Waals surface area contributed by atoms with E-state index in [-0.39, 0.29) is 0 Å². The summed E-state index contributed by atoms with van der Waals surface area (Å²) in [6.07, 6.45) is -3.30. The fourth-order valence-corrected chi connectivity index (χ4v) is 0.270. The van der Waals surface area contributed by atoms with Crippen LogP contribution in [0.3, 0.4) is 0 Å². The topological polar surface area (TPSA) is 17.1 Å². The van der Waals surface area contributed by atoms with Gasteiger partial charge in [0, 0.05) is 0 Å². The van der Waals surface area contributed by atoms with E-state index in [1.807, 2.05) is 0 Å². The Hall–Kier alpha value is -0.120. The van der Waals surface area contributed by atoms with Crippen molar-refractivity contribution in [1.29, 1.82) is 0 Å². The van der Waals surface area contributed by atoms with E-state index >= 15 is 0 Å². The Labute approximate surface area is 45.1 Å². The fourth-order valence-electron chi connectivity index (χ4n) is 0.132. The number of hydrogen-bond donors (Lipinski definition) is 1. The molecule has 4 heteroatoms. The third-order valence-corrected chi connectivity index (χ3v) is 0.511. The van der Waals surface area contributed by atoms with E-state index in [4.69, 9.17) is 0 Å². The first-order valence-electron chi connectivity index (χ1n) is 1.63. The second-order valence-electron chi connectivity index (χ2n) is 0.989. The lowest BCUT2D eigenvalue weighted by molar-refractivity contribution is -0.113. The number of alkyl halides is 2. The zero-order valence-electron chi connectivity index (χ0n) is 3.40. The first kappa shape index (κ1) is 6.88. The molecule has 0 fully saturated rings. The molecule has 0 aliphatic rings. The molecule has 0 bridgehead atoms. The summed E-state index contributed by atoms with van der Waals surface area (Å²) >= 11 is 3.12. The number of rotatable bonds is 2. The maximum absolute atomic E-state index is 11.0. The normalized spacial score (nSPS) is 9.71. The van der Waals surface area contributed by atoms with Crippen molar-refractivity contribution < 1.29 is 13.6 Å². The van der Waals surface area contributed by atoms with Crippen LogP contribution in [0.1, 0.15) is 6.42 Å². The largest absolute Gasteiger partial charge is 0.287 e. The summed E-state index contributed by atoms with van der Waals surface area (Å²) < 4.78 is 22.0. The minimum atomic E-state index is -2.55. The molecule has 0 N–H and O–H groups in total. The molecule has 0 rings (SSSR count). The molecule has 0 amide bonds. The van der Waals surface area contributed by atoms with Gasteiger partial charge in [0.1, 0.15) is 0 Å². The van der Waals surface area contributed by atoms with Gasteiger partial charge in [0.2, 0.25) is 6.43 Å². The lowest BCUT2D eigenvalue weighted by Crippen LogP contribution is -1.95. The fraction of sp³-hybridized carbons (Fsp3) is 0.667. The third-order valence-electron chi connectivity index (χ3n) is 0.329. The van der Waals surface area contributed by atoms with E-state index in [0.29, 0.717) is 0 Å². The van der Waals surface area contributed by atoms with Gasteiger partial charge in [0.25, 0.3) is 0 Å². The zero-order chi connectivity index (χ0) is 5.86. The first-order valence-corrected chi connectivity index (χ1v) is 2.07. The van der Waals surface area contributed by atoms with Crippen LogP contribution < -0.4 is 0 Å². The van der Waals surface area contributed by atoms with Crippen LogP contribution in [0.5, 0.6) is 0 Å². The molecule has 0 unspecified atom stereocenters. The van der Waals surface area contributed by atoms with E-state index in [0.717, 1.165) is 0 Å². The van der Waals surface area contributed by atoms with Crippen molar-refractivity contribution in [3.63, 3.8) is 0 Å². The van der Waals surface area contributed by atoms with Crippen LogP contribution in [-0.4, -0.2) is 11.5 Å². The highest BCUT2D eigenvalue weighted by molar-refractivity contribution is 7.96. The Morgan fingerprint density at radius 1 is 1.71 bits per heavy atom. The Balaban J connectivity index is 3.13. The summed E-state index contributed by atoms with van der Waals surface area (Å²) in [4.78, 5) is 9.64.